The Hall–Kier alpha value is -3.55. The van der Waals surface area contributed by atoms with Crippen LogP contribution in [0.25, 0.3) is 0 Å². The molecule has 2 heterocycles. The number of nitro groups is 1. The molecule has 1 fully saturated rings. The largest absolute Gasteiger partial charge is 0.462 e. The summed E-state index contributed by atoms with van der Waals surface area (Å²) in [6.45, 7) is 7.57. The van der Waals surface area contributed by atoms with Gasteiger partial charge >= 0.3 is 29.8 Å². The Kier molecular flexibility index (Phi) is 9.01. The number of nitrogens with zero attached hydrogens (tertiary/aromatic N) is 1. The van der Waals surface area contributed by atoms with Gasteiger partial charge in [-0.3, -0.25) is 34.1 Å². The van der Waals surface area contributed by atoms with Gasteiger partial charge in [0.2, 0.25) is 0 Å². The van der Waals surface area contributed by atoms with E-state index in [-0.39, 0.29) is 0 Å². The van der Waals surface area contributed by atoms with Crippen LogP contribution in [0.5, 0.6) is 0 Å². The van der Waals surface area contributed by atoms with Gasteiger partial charge in [0.15, 0.2) is 30.0 Å². The van der Waals surface area contributed by atoms with Crippen molar-refractivity contribution in [2.45, 2.75) is 90.1 Å². The van der Waals surface area contributed by atoms with Crippen molar-refractivity contribution in [1.29, 1.82) is 0 Å². The van der Waals surface area contributed by atoms with E-state index in [9.17, 15) is 34.1 Å². The van der Waals surface area contributed by atoms with Gasteiger partial charge in [-0.25, -0.2) is 0 Å². The van der Waals surface area contributed by atoms with Gasteiger partial charge in [0, 0.05) is 39.5 Å². The molecule has 0 N–H and O–H groups in total. The van der Waals surface area contributed by atoms with Gasteiger partial charge in [-0.05, 0) is 19.9 Å². The summed E-state index contributed by atoms with van der Waals surface area (Å²) in [6, 6.07) is -1.48. The average molecular weight is 529 g/mol. The van der Waals surface area contributed by atoms with E-state index >= 15 is 0 Å². The Morgan fingerprint density at radius 1 is 0.811 bits per heavy atom. The smallest absolute Gasteiger partial charge is 0.303 e. The molecule has 0 saturated carbocycles. The molecule has 0 radical (unpaired) electrons. The molecule has 14 nitrogen and oxygen atoms in total. The lowest BCUT2D eigenvalue weighted by molar-refractivity contribution is -0.543. The maximum Gasteiger partial charge on any atom is 0.303 e. The van der Waals surface area contributed by atoms with Crippen LogP contribution >= 0.6 is 0 Å². The summed E-state index contributed by atoms with van der Waals surface area (Å²) in [7, 11) is 0. The van der Waals surface area contributed by atoms with Gasteiger partial charge in [0.1, 0.15) is 12.5 Å². The number of fused-ring (bicyclic) bond motifs is 2. The minimum absolute atomic E-state index is 0.593. The monoisotopic (exact) mass is 529 g/mol. The third-order valence-electron chi connectivity index (χ3n) is 6.04. The fraction of sp³-hybridized carbons (Fsp3) is 0.696. The molecule has 1 saturated heterocycles. The number of ether oxygens (including phenoxy) is 6. The minimum atomic E-state index is -1.74. The summed E-state index contributed by atoms with van der Waals surface area (Å²) in [5.74, 6) is -5.63. The maximum atomic E-state index is 12.2. The molecule has 0 aromatic rings. The van der Waals surface area contributed by atoms with E-state index < -0.39 is 89.0 Å². The lowest BCUT2D eigenvalue weighted by Crippen LogP contribution is -2.60. The highest BCUT2D eigenvalue weighted by Gasteiger charge is 2.71. The van der Waals surface area contributed by atoms with Crippen LogP contribution < -0.4 is 0 Å². The summed E-state index contributed by atoms with van der Waals surface area (Å²) in [5.41, 5.74) is -2.76. The first-order valence-corrected chi connectivity index (χ1v) is 11.4. The van der Waals surface area contributed by atoms with Crippen molar-refractivity contribution in [3.63, 3.8) is 0 Å². The molecule has 0 spiro atoms. The summed E-state index contributed by atoms with van der Waals surface area (Å²) in [4.78, 5) is 71.5. The van der Waals surface area contributed by atoms with Gasteiger partial charge < -0.3 is 28.4 Å². The van der Waals surface area contributed by atoms with Gasteiger partial charge in [-0.15, -0.1) is 0 Å². The summed E-state index contributed by atoms with van der Waals surface area (Å²) in [6.07, 6.45) is -3.53. The number of hydrogen-bond acceptors (Lipinski definition) is 13. The number of esters is 5. The average Bonchev–Trinajstić information content (AvgIpc) is 3.17. The number of carbonyl (C=O) groups is 5. The van der Waals surface area contributed by atoms with E-state index in [0.29, 0.717) is 0 Å². The van der Waals surface area contributed by atoms with Crippen molar-refractivity contribution in [2.24, 2.45) is 5.92 Å². The van der Waals surface area contributed by atoms with Gasteiger partial charge in [0.25, 0.3) is 6.04 Å². The predicted octanol–water partition coefficient (Wildman–Crippen LogP) is 0.655. The number of rotatable bonds is 11. The van der Waals surface area contributed by atoms with Gasteiger partial charge in [-0.1, -0.05) is 6.08 Å². The van der Waals surface area contributed by atoms with E-state index in [1.807, 2.05) is 0 Å². The fourth-order valence-electron chi connectivity index (χ4n) is 4.93. The number of hydrogen-bond donors (Lipinski definition) is 0. The van der Waals surface area contributed by atoms with Crippen molar-refractivity contribution in [3.05, 3.63) is 22.3 Å². The lowest BCUT2D eigenvalue weighted by atomic mass is 9.71. The summed E-state index contributed by atoms with van der Waals surface area (Å²) in [5, 5.41) is 12.2. The van der Waals surface area contributed by atoms with Crippen LogP contribution in [0.2, 0.25) is 0 Å². The van der Waals surface area contributed by atoms with Gasteiger partial charge in [-0.2, -0.15) is 0 Å². The third kappa shape index (κ3) is 6.81. The molecule has 0 unspecified atom stereocenters. The van der Waals surface area contributed by atoms with E-state index in [2.05, 4.69) is 0 Å². The van der Waals surface area contributed by atoms with Crippen molar-refractivity contribution in [2.75, 3.05) is 6.61 Å². The molecule has 0 aromatic heterocycles. The lowest BCUT2D eigenvalue weighted by Gasteiger charge is -2.40. The van der Waals surface area contributed by atoms with Crippen molar-refractivity contribution >= 4 is 29.8 Å². The Labute approximate surface area is 212 Å². The van der Waals surface area contributed by atoms with Crippen LogP contribution in [0.3, 0.4) is 0 Å². The second kappa shape index (κ2) is 11.2. The Morgan fingerprint density at radius 2 is 1.30 bits per heavy atom. The zero-order chi connectivity index (χ0) is 28.3. The van der Waals surface area contributed by atoms with E-state index in [0.717, 1.165) is 34.6 Å². The normalized spacial score (nSPS) is 28.8. The highest BCUT2D eigenvalue weighted by molar-refractivity contribution is 5.69. The van der Waals surface area contributed by atoms with Crippen LogP contribution in [-0.4, -0.2) is 83.0 Å². The van der Waals surface area contributed by atoms with Crippen LogP contribution in [-0.2, 0) is 52.4 Å². The molecule has 2 rings (SSSR count). The van der Waals surface area contributed by atoms with Crippen LogP contribution in [0.1, 0.15) is 48.5 Å². The first kappa shape index (κ1) is 29.7. The van der Waals surface area contributed by atoms with E-state index in [1.54, 1.807) is 6.08 Å². The summed E-state index contributed by atoms with van der Waals surface area (Å²) < 4.78 is 32.5. The Morgan fingerprint density at radius 3 is 1.76 bits per heavy atom. The Bertz CT molecular complexity index is 993. The molecule has 14 heteroatoms. The van der Waals surface area contributed by atoms with Crippen LogP contribution in [0.15, 0.2) is 12.2 Å². The van der Waals surface area contributed by atoms with Crippen molar-refractivity contribution in [1.82, 2.24) is 0 Å². The first-order chi connectivity index (χ1) is 17.0. The maximum absolute atomic E-state index is 12.2. The molecule has 37 heavy (non-hydrogen) atoms. The molecule has 8 atom stereocenters. The fourth-order valence-corrected chi connectivity index (χ4v) is 4.93. The van der Waals surface area contributed by atoms with Crippen LogP contribution in [0, 0.1) is 16.0 Å². The molecule has 2 aliphatic rings. The zero-order valence-corrected chi connectivity index (χ0v) is 21.6. The summed E-state index contributed by atoms with van der Waals surface area (Å²) >= 11 is 0. The molecular weight excluding hydrogens is 498 g/mol. The zero-order valence-electron chi connectivity index (χ0n) is 21.6. The predicted molar refractivity (Wildman–Crippen MR) is 120 cm³/mol. The van der Waals surface area contributed by atoms with Crippen molar-refractivity contribution in [3.8, 4) is 0 Å². The molecule has 0 aliphatic carbocycles. The topological polar surface area (TPSA) is 184 Å². The number of carbonyl (C=O) groups excluding carboxylic acids is 5. The van der Waals surface area contributed by atoms with Crippen LogP contribution in [0.4, 0.5) is 0 Å². The molecule has 2 bridgehead atoms. The first-order valence-electron chi connectivity index (χ1n) is 11.4. The Balaban J connectivity index is 2.72. The highest BCUT2D eigenvalue weighted by atomic mass is 16.7. The molecule has 0 aromatic carbocycles. The van der Waals surface area contributed by atoms with E-state index in [4.69, 9.17) is 28.4 Å². The van der Waals surface area contributed by atoms with Crippen molar-refractivity contribution < 1.29 is 57.3 Å². The molecule has 2 aliphatic heterocycles. The quantitative estimate of drug-likeness (QED) is 0.120. The second-order valence-corrected chi connectivity index (χ2v) is 9.23. The second-order valence-electron chi connectivity index (χ2n) is 9.23. The van der Waals surface area contributed by atoms with E-state index in [1.165, 1.54) is 19.9 Å². The molecular formula is C23H31NO13. The SMILES string of the molecule is CC(=O)OC[C@@H](OC(C)=O)[C@H](OC(C)=O)[C@H](OC(C)=O)[C@@H](OC(C)=O)[C@H]1[C@H]([N+](=O)[O-])[C@@]2(C)C=C[C@]1(C)O2. The molecule has 206 valence electrons. The highest BCUT2D eigenvalue weighted by Crippen LogP contribution is 2.53. The minimum Gasteiger partial charge on any atom is -0.462 e. The standard InChI is InChI=1S/C23H31NO13/c1-11(25)32-10-16(33-12(2)26)18(34-13(3)27)20(36-15(5)29)19(35-14(4)28)17-21(24(30)31)23(7)9-8-22(17,6)37-23/h8-9,16-21H,10H2,1-7H3/t16-,17+,18+,19+,20+,21+,22+,23-/m1/s1. The van der Waals surface area contributed by atoms with Gasteiger partial charge in [0.05, 0.1) is 5.60 Å². The third-order valence-corrected chi connectivity index (χ3v) is 6.04. The molecule has 0 amide bonds.